The second-order valence-corrected chi connectivity index (χ2v) is 8.01. The van der Waals surface area contributed by atoms with Crippen LogP contribution < -0.4 is 5.32 Å². The van der Waals surface area contributed by atoms with E-state index in [9.17, 15) is 18.4 Å². The van der Waals surface area contributed by atoms with Crippen LogP contribution in [0.15, 0.2) is 47.0 Å². The molecule has 0 saturated carbocycles. The van der Waals surface area contributed by atoms with E-state index in [1.54, 1.807) is 11.8 Å². The molecule has 6 nitrogen and oxygen atoms in total. The molecule has 1 fully saturated rings. The molecule has 32 heavy (non-hydrogen) atoms. The third-order valence-corrected chi connectivity index (χ3v) is 5.81. The molecule has 2 amide bonds. The van der Waals surface area contributed by atoms with Crippen LogP contribution in [0.5, 0.6) is 0 Å². The number of rotatable bonds is 4. The van der Waals surface area contributed by atoms with Gasteiger partial charge in [0.2, 0.25) is 0 Å². The van der Waals surface area contributed by atoms with E-state index in [0.29, 0.717) is 31.5 Å². The van der Waals surface area contributed by atoms with Crippen LogP contribution in [-0.2, 0) is 0 Å². The summed E-state index contributed by atoms with van der Waals surface area (Å²) in [5.74, 6) is -1.35. The van der Waals surface area contributed by atoms with Crippen LogP contribution in [-0.4, -0.2) is 41.0 Å². The molecule has 4 rings (SSSR count). The lowest BCUT2D eigenvalue weighted by Crippen LogP contribution is -2.46. The molecule has 1 saturated heterocycles. The standard InChI is InChI=1S/C23H20ClF2N3O3/c1-13-19(21(28-32-13)20-17(24)3-2-4-18(20)26)23(31)29-11-9-16(10-12-29)27-22(30)14-5-7-15(25)8-6-14/h2-8,16H,9-12H2,1H3,(H,27,30). The highest BCUT2D eigenvalue weighted by atomic mass is 35.5. The number of aromatic nitrogens is 1. The van der Waals surface area contributed by atoms with Gasteiger partial charge in [-0.2, -0.15) is 0 Å². The molecule has 1 aliphatic heterocycles. The van der Waals surface area contributed by atoms with Gasteiger partial charge in [0.1, 0.15) is 28.7 Å². The quantitative estimate of drug-likeness (QED) is 0.618. The van der Waals surface area contributed by atoms with Gasteiger partial charge in [-0.25, -0.2) is 8.78 Å². The second kappa shape index (κ2) is 9.08. The van der Waals surface area contributed by atoms with E-state index in [0.717, 1.165) is 0 Å². The zero-order valence-electron chi connectivity index (χ0n) is 17.2. The summed E-state index contributed by atoms with van der Waals surface area (Å²) in [7, 11) is 0. The number of carbonyl (C=O) groups is 2. The number of nitrogens with zero attached hydrogens (tertiary/aromatic N) is 2. The SMILES string of the molecule is Cc1onc(-c2c(F)cccc2Cl)c1C(=O)N1CCC(NC(=O)c2ccc(F)cc2)CC1. The third-order valence-electron chi connectivity index (χ3n) is 5.50. The largest absolute Gasteiger partial charge is 0.360 e. The zero-order valence-corrected chi connectivity index (χ0v) is 18.0. The Kier molecular flexibility index (Phi) is 6.23. The van der Waals surface area contributed by atoms with Gasteiger partial charge < -0.3 is 14.7 Å². The topological polar surface area (TPSA) is 75.4 Å². The average molecular weight is 460 g/mol. The molecule has 0 unspecified atom stereocenters. The molecule has 1 aliphatic rings. The maximum Gasteiger partial charge on any atom is 0.259 e. The number of halogens is 3. The fourth-order valence-corrected chi connectivity index (χ4v) is 4.03. The number of benzene rings is 2. The highest BCUT2D eigenvalue weighted by molar-refractivity contribution is 6.33. The van der Waals surface area contributed by atoms with Crippen LogP contribution in [0.1, 0.15) is 39.3 Å². The van der Waals surface area contributed by atoms with Crippen molar-refractivity contribution in [1.29, 1.82) is 0 Å². The lowest BCUT2D eigenvalue weighted by Gasteiger charge is -2.32. The summed E-state index contributed by atoms with van der Waals surface area (Å²) in [5, 5.41) is 6.94. The van der Waals surface area contributed by atoms with Crippen molar-refractivity contribution >= 4 is 23.4 Å². The highest BCUT2D eigenvalue weighted by Crippen LogP contribution is 2.34. The van der Waals surface area contributed by atoms with Gasteiger partial charge in [-0.1, -0.05) is 22.8 Å². The molecule has 9 heteroatoms. The minimum Gasteiger partial charge on any atom is -0.360 e. The van der Waals surface area contributed by atoms with Gasteiger partial charge in [-0.05, 0) is 56.2 Å². The summed E-state index contributed by atoms with van der Waals surface area (Å²) in [6.45, 7) is 2.37. The molecular weight excluding hydrogens is 440 g/mol. The number of hydrogen-bond acceptors (Lipinski definition) is 4. The van der Waals surface area contributed by atoms with Crippen LogP contribution in [0.25, 0.3) is 11.3 Å². The first-order chi connectivity index (χ1) is 15.3. The molecule has 1 aromatic heterocycles. The van der Waals surface area contributed by atoms with Crippen molar-refractivity contribution in [3.05, 3.63) is 76.0 Å². The van der Waals surface area contributed by atoms with E-state index in [1.165, 1.54) is 42.5 Å². The Morgan fingerprint density at radius 1 is 1.12 bits per heavy atom. The lowest BCUT2D eigenvalue weighted by atomic mass is 10.0. The Balaban J connectivity index is 1.45. The Bertz CT molecular complexity index is 1140. The van der Waals surface area contributed by atoms with E-state index in [4.69, 9.17) is 16.1 Å². The summed E-state index contributed by atoms with van der Waals surface area (Å²) < 4.78 is 32.7. The zero-order chi connectivity index (χ0) is 22.8. The Hall–Kier alpha value is -3.26. The number of aryl methyl sites for hydroxylation is 1. The van der Waals surface area contributed by atoms with Crippen molar-refractivity contribution < 1.29 is 22.9 Å². The van der Waals surface area contributed by atoms with Crippen molar-refractivity contribution in [1.82, 2.24) is 15.4 Å². The summed E-state index contributed by atoms with van der Waals surface area (Å²) >= 11 is 6.15. The molecule has 1 N–H and O–H groups in total. The van der Waals surface area contributed by atoms with Crippen molar-refractivity contribution in [2.75, 3.05) is 13.1 Å². The van der Waals surface area contributed by atoms with E-state index >= 15 is 0 Å². The molecule has 0 spiro atoms. The monoisotopic (exact) mass is 459 g/mol. The minimum atomic E-state index is -0.595. The Morgan fingerprint density at radius 3 is 2.47 bits per heavy atom. The predicted octanol–water partition coefficient (Wildman–Crippen LogP) is 4.62. The molecule has 0 radical (unpaired) electrons. The van der Waals surface area contributed by atoms with Gasteiger partial charge >= 0.3 is 0 Å². The van der Waals surface area contributed by atoms with Gasteiger partial charge in [0.15, 0.2) is 0 Å². The van der Waals surface area contributed by atoms with Crippen LogP contribution in [0, 0.1) is 18.6 Å². The van der Waals surface area contributed by atoms with Gasteiger partial charge in [0.05, 0.1) is 10.6 Å². The number of likely N-dealkylation sites (tertiary alicyclic amines) is 1. The van der Waals surface area contributed by atoms with Crippen molar-refractivity contribution in [2.45, 2.75) is 25.8 Å². The first-order valence-corrected chi connectivity index (χ1v) is 10.5. The van der Waals surface area contributed by atoms with Gasteiger partial charge in [0, 0.05) is 24.7 Å². The summed E-state index contributed by atoms with van der Waals surface area (Å²) in [4.78, 5) is 27.2. The third kappa shape index (κ3) is 4.36. The molecule has 166 valence electrons. The average Bonchev–Trinajstić information content (AvgIpc) is 3.15. The Morgan fingerprint density at radius 2 is 1.81 bits per heavy atom. The summed E-state index contributed by atoms with van der Waals surface area (Å²) in [6.07, 6.45) is 1.08. The van der Waals surface area contributed by atoms with Crippen LogP contribution in [0.4, 0.5) is 8.78 Å². The Labute approximate surface area is 188 Å². The molecule has 3 aromatic rings. The van der Waals surface area contributed by atoms with Crippen molar-refractivity contribution in [3.8, 4) is 11.3 Å². The smallest absolute Gasteiger partial charge is 0.259 e. The maximum absolute atomic E-state index is 14.4. The second-order valence-electron chi connectivity index (χ2n) is 7.61. The van der Waals surface area contributed by atoms with Crippen molar-refractivity contribution in [2.24, 2.45) is 0 Å². The van der Waals surface area contributed by atoms with Crippen LogP contribution in [0.3, 0.4) is 0 Å². The fourth-order valence-electron chi connectivity index (χ4n) is 3.77. The molecule has 0 aliphatic carbocycles. The lowest BCUT2D eigenvalue weighted by molar-refractivity contribution is 0.0697. The number of piperidine rings is 1. The maximum atomic E-state index is 14.4. The predicted molar refractivity (Wildman–Crippen MR) is 114 cm³/mol. The molecule has 0 bridgehead atoms. The molecule has 2 aromatic carbocycles. The number of hydrogen-bond donors (Lipinski definition) is 1. The first kappa shape index (κ1) is 22.0. The van der Waals surface area contributed by atoms with E-state index in [1.807, 2.05) is 0 Å². The highest BCUT2D eigenvalue weighted by Gasteiger charge is 2.31. The van der Waals surface area contributed by atoms with Crippen molar-refractivity contribution in [3.63, 3.8) is 0 Å². The van der Waals surface area contributed by atoms with E-state index in [-0.39, 0.29) is 45.5 Å². The first-order valence-electron chi connectivity index (χ1n) is 10.1. The van der Waals surface area contributed by atoms with E-state index in [2.05, 4.69) is 10.5 Å². The number of carbonyl (C=O) groups excluding carboxylic acids is 2. The van der Waals surface area contributed by atoms with Gasteiger partial charge in [-0.3, -0.25) is 9.59 Å². The minimum absolute atomic E-state index is 0.0239. The van der Waals surface area contributed by atoms with Crippen LogP contribution >= 0.6 is 11.6 Å². The number of nitrogens with one attached hydrogen (secondary N) is 1. The van der Waals surface area contributed by atoms with Gasteiger partial charge in [-0.15, -0.1) is 0 Å². The molecule has 0 atom stereocenters. The molecular formula is C23H20ClF2N3O3. The van der Waals surface area contributed by atoms with Gasteiger partial charge in [0.25, 0.3) is 11.8 Å². The number of amides is 2. The normalized spacial score (nSPS) is 14.4. The van der Waals surface area contributed by atoms with Crippen LogP contribution in [0.2, 0.25) is 5.02 Å². The summed E-state index contributed by atoms with van der Waals surface area (Å²) in [6, 6.07) is 9.43. The van der Waals surface area contributed by atoms with E-state index < -0.39 is 11.6 Å². The fraction of sp³-hybridized carbons (Fsp3) is 0.261. The molecule has 2 heterocycles. The summed E-state index contributed by atoms with van der Waals surface area (Å²) in [5.41, 5.74) is 0.639.